The zero-order valence-corrected chi connectivity index (χ0v) is 14.1. The molecule has 2 unspecified atom stereocenters. The van der Waals surface area contributed by atoms with Gasteiger partial charge >= 0.3 is 5.97 Å². The van der Waals surface area contributed by atoms with Crippen LogP contribution in [0.5, 0.6) is 0 Å². The van der Waals surface area contributed by atoms with E-state index in [1.54, 1.807) is 11.8 Å². The summed E-state index contributed by atoms with van der Waals surface area (Å²) in [5.74, 6) is 0.238. The third-order valence-corrected chi connectivity index (χ3v) is 4.72. The fourth-order valence-corrected chi connectivity index (χ4v) is 3.41. The van der Waals surface area contributed by atoms with Gasteiger partial charge in [0.2, 0.25) is 0 Å². The molecule has 0 radical (unpaired) electrons. The molecule has 132 valence electrons. The number of hydrogen-bond donors (Lipinski definition) is 1. The van der Waals surface area contributed by atoms with Crippen LogP contribution >= 0.6 is 0 Å². The topological polar surface area (TPSA) is 84.7 Å². The predicted octanol–water partition coefficient (Wildman–Crippen LogP) is 1.56. The van der Waals surface area contributed by atoms with E-state index in [1.165, 1.54) is 6.26 Å². The van der Waals surface area contributed by atoms with Gasteiger partial charge in [-0.2, -0.15) is 0 Å². The molecule has 2 aliphatic heterocycles. The molecule has 2 atom stereocenters. The van der Waals surface area contributed by atoms with Crippen molar-refractivity contribution in [2.24, 2.45) is 5.92 Å². The van der Waals surface area contributed by atoms with Gasteiger partial charge in [-0.05, 0) is 39.2 Å². The largest absolute Gasteiger partial charge is 0.466 e. The highest BCUT2D eigenvalue weighted by Crippen LogP contribution is 2.24. The quantitative estimate of drug-likeness (QED) is 0.841. The number of nitrogens with one attached hydrogen (secondary N) is 1. The van der Waals surface area contributed by atoms with Crippen molar-refractivity contribution in [2.45, 2.75) is 38.5 Å². The normalized spacial score (nSPS) is 24.6. The van der Waals surface area contributed by atoms with Crippen molar-refractivity contribution in [1.29, 1.82) is 0 Å². The molecule has 2 aliphatic rings. The van der Waals surface area contributed by atoms with Crippen LogP contribution in [0.2, 0.25) is 0 Å². The predicted molar refractivity (Wildman–Crippen MR) is 86.6 cm³/mol. The summed E-state index contributed by atoms with van der Waals surface area (Å²) in [5.41, 5.74) is 0.333. The molecule has 0 aromatic carbocycles. The number of hydrogen-bond acceptors (Lipinski definition) is 6. The summed E-state index contributed by atoms with van der Waals surface area (Å²) in [4.78, 5) is 30.7. The van der Waals surface area contributed by atoms with Crippen LogP contribution in [0.1, 0.15) is 54.9 Å². The number of amides is 1. The van der Waals surface area contributed by atoms with Crippen LogP contribution in [0, 0.1) is 5.92 Å². The van der Waals surface area contributed by atoms with Crippen molar-refractivity contribution < 1.29 is 18.7 Å². The molecule has 0 saturated carbocycles. The highest BCUT2D eigenvalue weighted by molar-refractivity contribution is 5.92. The third-order valence-electron chi connectivity index (χ3n) is 4.72. The van der Waals surface area contributed by atoms with Gasteiger partial charge in [0.25, 0.3) is 5.91 Å². The number of ether oxygens (including phenoxy) is 1. The van der Waals surface area contributed by atoms with Gasteiger partial charge in [0.1, 0.15) is 6.26 Å². The van der Waals surface area contributed by atoms with Crippen molar-refractivity contribution in [2.75, 3.05) is 32.8 Å². The zero-order chi connectivity index (χ0) is 16.9. The van der Waals surface area contributed by atoms with Gasteiger partial charge in [0, 0.05) is 25.6 Å². The number of nitrogens with zero attached hydrogens (tertiary/aromatic N) is 2. The number of piperidine rings is 2. The molecule has 1 N–H and O–H groups in total. The first-order chi connectivity index (χ1) is 11.7. The summed E-state index contributed by atoms with van der Waals surface area (Å²) in [6.07, 6.45) is 5.12. The van der Waals surface area contributed by atoms with Crippen molar-refractivity contribution in [3.05, 3.63) is 17.8 Å². The second-order valence-corrected chi connectivity index (χ2v) is 6.46. The van der Waals surface area contributed by atoms with E-state index in [1.807, 2.05) is 0 Å². The summed E-state index contributed by atoms with van der Waals surface area (Å²) in [5, 5.41) is 3.32. The molecular formula is C17H25N3O4. The average molecular weight is 335 g/mol. The number of aromatic nitrogens is 1. The van der Waals surface area contributed by atoms with Crippen molar-refractivity contribution in [3.8, 4) is 0 Å². The summed E-state index contributed by atoms with van der Waals surface area (Å²) < 4.78 is 10.6. The maximum Gasteiger partial charge on any atom is 0.310 e. The first kappa shape index (κ1) is 17.0. The van der Waals surface area contributed by atoms with Crippen LogP contribution < -0.4 is 5.32 Å². The van der Waals surface area contributed by atoms with Gasteiger partial charge in [-0.1, -0.05) is 0 Å². The molecule has 0 bridgehead atoms. The summed E-state index contributed by atoms with van der Waals surface area (Å²) in [6.45, 7) is 5.05. The summed E-state index contributed by atoms with van der Waals surface area (Å²) in [7, 11) is 0. The Hall–Kier alpha value is -1.89. The maximum absolute atomic E-state index is 12.7. The molecule has 2 fully saturated rings. The van der Waals surface area contributed by atoms with Gasteiger partial charge in [-0.15, -0.1) is 0 Å². The van der Waals surface area contributed by atoms with E-state index in [0.29, 0.717) is 31.3 Å². The smallest absolute Gasteiger partial charge is 0.310 e. The molecule has 3 rings (SSSR count). The van der Waals surface area contributed by atoms with Gasteiger partial charge < -0.3 is 19.4 Å². The Balaban J connectivity index is 1.63. The van der Waals surface area contributed by atoms with Gasteiger partial charge in [-0.25, -0.2) is 4.98 Å². The Kier molecular flexibility index (Phi) is 5.50. The number of rotatable bonds is 4. The minimum absolute atomic E-state index is 0.164. The monoisotopic (exact) mass is 335 g/mol. The van der Waals surface area contributed by atoms with E-state index >= 15 is 0 Å². The Bertz CT molecular complexity index is 580. The second-order valence-electron chi connectivity index (χ2n) is 6.46. The Morgan fingerprint density at radius 2 is 2.29 bits per heavy atom. The van der Waals surface area contributed by atoms with Crippen LogP contribution in [0.3, 0.4) is 0 Å². The number of esters is 1. The minimum atomic E-state index is -0.239. The average Bonchev–Trinajstić information content (AvgIpc) is 3.12. The van der Waals surface area contributed by atoms with Crippen LogP contribution in [0.15, 0.2) is 10.7 Å². The second kappa shape index (κ2) is 7.79. The van der Waals surface area contributed by atoms with Crippen molar-refractivity contribution in [3.63, 3.8) is 0 Å². The SMILES string of the molecule is CCOC(=O)C1CCCN(C(=O)c2coc(C3CCCNC3)n2)C1. The van der Waals surface area contributed by atoms with Gasteiger partial charge in [0.05, 0.1) is 12.5 Å². The van der Waals surface area contributed by atoms with E-state index in [2.05, 4.69) is 10.3 Å². The fraction of sp³-hybridized carbons (Fsp3) is 0.706. The molecule has 3 heterocycles. The van der Waals surface area contributed by atoms with E-state index in [0.717, 1.165) is 38.8 Å². The molecule has 1 aromatic heterocycles. The summed E-state index contributed by atoms with van der Waals surface area (Å²) in [6, 6.07) is 0. The van der Waals surface area contributed by atoms with Gasteiger partial charge in [-0.3, -0.25) is 9.59 Å². The van der Waals surface area contributed by atoms with E-state index < -0.39 is 0 Å². The molecule has 0 aliphatic carbocycles. The van der Waals surface area contributed by atoms with E-state index in [9.17, 15) is 9.59 Å². The molecule has 7 nitrogen and oxygen atoms in total. The summed E-state index contributed by atoms with van der Waals surface area (Å²) >= 11 is 0. The first-order valence-corrected chi connectivity index (χ1v) is 8.81. The minimum Gasteiger partial charge on any atom is -0.466 e. The molecule has 24 heavy (non-hydrogen) atoms. The number of carbonyl (C=O) groups excluding carboxylic acids is 2. The molecule has 2 saturated heterocycles. The number of oxazole rings is 1. The standard InChI is InChI=1S/C17H25N3O4/c1-2-23-17(22)13-6-4-8-20(10-13)16(21)14-11-24-15(19-14)12-5-3-7-18-9-12/h11-13,18H,2-10H2,1H3. The van der Waals surface area contributed by atoms with Crippen LogP contribution in [-0.4, -0.2) is 54.5 Å². The lowest BCUT2D eigenvalue weighted by atomic mass is 9.98. The highest BCUT2D eigenvalue weighted by Gasteiger charge is 2.31. The van der Waals surface area contributed by atoms with Crippen LogP contribution in [0.25, 0.3) is 0 Å². The lowest BCUT2D eigenvalue weighted by Crippen LogP contribution is -2.43. The number of likely N-dealkylation sites (tertiary alicyclic amines) is 1. The maximum atomic E-state index is 12.7. The molecule has 1 aromatic rings. The molecule has 1 amide bonds. The Labute approximate surface area is 141 Å². The van der Waals surface area contributed by atoms with Crippen LogP contribution in [-0.2, 0) is 9.53 Å². The van der Waals surface area contributed by atoms with Crippen molar-refractivity contribution in [1.82, 2.24) is 15.2 Å². The number of carbonyl (C=O) groups is 2. The molecule has 0 spiro atoms. The lowest BCUT2D eigenvalue weighted by molar-refractivity contribution is -0.149. The molecule has 7 heteroatoms. The Morgan fingerprint density at radius 3 is 3.04 bits per heavy atom. The first-order valence-electron chi connectivity index (χ1n) is 8.81. The van der Waals surface area contributed by atoms with Gasteiger partial charge in [0.15, 0.2) is 11.6 Å². The van der Waals surface area contributed by atoms with Crippen LogP contribution in [0.4, 0.5) is 0 Å². The third kappa shape index (κ3) is 3.77. The van der Waals surface area contributed by atoms with E-state index in [-0.39, 0.29) is 23.7 Å². The zero-order valence-electron chi connectivity index (χ0n) is 14.1. The van der Waals surface area contributed by atoms with E-state index in [4.69, 9.17) is 9.15 Å². The Morgan fingerprint density at radius 1 is 1.42 bits per heavy atom. The molecular weight excluding hydrogens is 310 g/mol. The van der Waals surface area contributed by atoms with Crippen molar-refractivity contribution >= 4 is 11.9 Å². The lowest BCUT2D eigenvalue weighted by Gasteiger charge is -2.30. The highest BCUT2D eigenvalue weighted by atomic mass is 16.5. The fourth-order valence-electron chi connectivity index (χ4n) is 3.41.